The lowest BCUT2D eigenvalue weighted by Crippen LogP contribution is -2.82. The second-order valence-corrected chi connectivity index (χ2v) is 43.2. The number of H-pyrrole nitrogens is 1. The lowest BCUT2D eigenvalue weighted by atomic mass is 9.44. The monoisotopic (exact) mass is 2040 g/mol. The Bertz CT molecular complexity index is 5530. The molecule has 2 saturated heterocycles. The molecule has 4 fully saturated rings. The van der Waals surface area contributed by atoms with Crippen LogP contribution in [0.15, 0.2) is 175 Å². The zero-order valence-corrected chi connectivity index (χ0v) is 84.6. The van der Waals surface area contributed by atoms with Gasteiger partial charge in [-0.2, -0.15) is 0 Å². The Hall–Kier alpha value is -11.1. The quantitative estimate of drug-likeness (QED) is 0.00695. The van der Waals surface area contributed by atoms with Crippen LogP contribution in [0.4, 0.5) is 4.79 Å². The molecule has 2 saturated carbocycles. The van der Waals surface area contributed by atoms with E-state index in [1.54, 1.807) is 170 Å². The number of carbonyl (C=O) groups is 13. The van der Waals surface area contributed by atoms with Gasteiger partial charge in [-0.15, -0.1) is 0 Å². The number of rotatable bonds is 34. The molecule has 1 aromatic heterocycles. The number of nitrogens with zero attached hydrogens (tertiary/aromatic N) is 1. The van der Waals surface area contributed by atoms with Crippen LogP contribution < -0.4 is 48.3 Å². The van der Waals surface area contributed by atoms with Crippen molar-refractivity contribution in [3.8, 4) is 0 Å². The van der Waals surface area contributed by atoms with E-state index in [0.29, 0.717) is 39.6 Å². The van der Waals surface area contributed by atoms with E-state index >= 15 is 28.8 Å². The predicted molar refractivity (Wildman–Crippen MR) is 530 cm³/mol. The number of ether oxygens (including phenoxy) is 9. The molecule has 6 aromatic rings. The maximum Gasteiger partial charge on any atom is 0.415 e. The number of unbranched alkanes of at least 4 members (excludes halogenated alkanes) is 1. The number of nitrogens with one attached hydrogen (secondary N) is 9. The first kappa shape index (κ1) is 110. The zero-order chi connectivity index (χ0) is 103. The fourth-order valence-electron chi connectivity index (χ4n) is 19.3. The number of benzene rings is 5. The Kier molecular flexibility index (Phi) is 37.9. The molecule has 0 radical (unpaired) electrons. The average Bonchev–Trinajstić information content (AvgIpc) is 0.686. The fraction of sp³-hybridized carbons (Fsp3) is 0.515. The van der Waals surface area contributed by atoms with Gasteiger partial charge < -0.3 is 116 Å². The summed E-state index contributed by atoms with van der Waals surface area (Å²) in [6.07, 6.45) is -9.93. The highest BCUT2D eigenvalue weighted by Crippen LogP contribution is 2.65. The third-order valence-corrected chi connectivity index (χ3v) is 31.5. The van der Waals surface area contributed by atoms with E-state index in [1.807, 2.05) is 18.2 Å². The van der Waals surface area contributed by atoms with Crippen LogP contribution >= 0.6 is 43.2 Å². The molecule has 12 rings (SSSR count). The Balaban J connectivity index is 0.786. The summed E-state index contributed by atoms with van der Waals surface area (Å²) >= 11 is 0. The van der Waals surface area contributed by atoms with Gasteiger partial charge in [0.2, 0.25) is 53.4 Å². The van der Waals surface area contributed by atoms with Crippen molar-refractivity contribution in [1.82, 2.24) is 52.4 Å². The highest BCUT2D eigenvalue weighted by Gasteiger charge is 2.79. The van der Waals surface area contributed by atoms with Crippen molar-refractivity contribution in [3.05, 3.63) is 203 Å². The highest BCUT2D eigenvalue weighted by molar-refractivity contribution is 8.77. The van der Waals surface area contributed by atoms with Crippen LogP contribution in [0.5, 0.6) is 0 Å². The molecule has 5 aromatic carbocycles. The Labute approximate surface area is 839 Å². The highest BCUT2D eigenvalue weighted by atomic mass is 33.1. The van der Waals surface area contributed by atoms with E-state index in [-0.39, 0.29) is 110 Å². The maximum absolute atomic E-state index is 16.2. The first-order valence-corrected chi connectivity index (χ1v) is 52.3. The summed E-state index contributed by atoms with van der Waals surface area (Å²) in [5.41, 5.74) is 0.680. The summed E-state index contributed by atoms with van der Waals surface area (Å²) in [6.45, 7) is 14.4. The topological polar surface area (TPSA) is 527 Å². The van der Waals surface area contributed by atoms with Crippen molar-refractivity contribution in [2.45, 2.75) is 247 Å². The Morgan fingerprint density at radius 2 is 1.34 bits per heavy atom. The normalized spacial score (nSPS) is 27.5. The third-order valence-electron chi connectivity index (χ3n) is 26.8. The first-order chi connectivity index (χ1) is 67.7. The molecule has 2 bridgehead atoms. The molecule has 41 heteroatoms. The van der Waals surface area contributed by atoms with E-state index in [1.165, 1.54) is 74.9 Å². The van der Waals surface area contributed by atoms with Crippen molar-refractivity contribution < 1.29 is 125 Å². The van der Waals surface area contributed by atoms with E-state index in [0.717, 1.165) is 26.5 Å². The number of aliphatic hydroxyl groups excluding tert-OH is 3. The number of esters is 3. The van der Waals surface area contributed by atoms with Crippen molar-refractivity contribution in [2.24, 2.45) is 22.5 Å². The molecule has 0 unspecified atom stereocenters. The van der Waals surface area contributed by atoms with Gasteiger partial charge in [0.15, 0.2) is 11.4 Å². The smallest absolute Gasteiger partial charge is 0.415 e. The number of aliphatic hydroxyl groups is 4. The molecular formula is C101H129N11O26S4. The lowest BCUT2D eigenvalue weighted by molar-refractivity contribution is -0.347. The van der Waals surface area contributed by atoms with Gasteiger partial charge in [0, 0.05) is 105 Å². The number of fused-ring (bicyclic) bond motifs is 6. The van der Waals surface area contributed by atoms with Gasteiger partial charge in [-0.1, -0.05) is 184 Å². The number of amides is 9. The van der Waals surface area contributed by atoms with Crippen molar-refractivity contribution >= 4 is 131 Å². The van der Waals surface area contributed by atoms with E-state index in [4.69, 9.17) is 48.4 Å². The van der Waals surface area contributed by atoms with Gasteiger partial charge in [-0.3, -0.25) is 52.8 Å². The molecule has 3 aliphatic heterocycles. The predicted octanol–water partition coefficient (Wildman–Crippen LogP) is 6.27. The SMILES string of the molecule is CO[C@H]1C(=O)[C@]2(C)[C@@H](OC)C[C@H]3OC[C@@]3(OC(C)=O)[C@H]2[C@H](OC(=O)c2ccccc2)[C@]2(O)C[C@H](OC(=O)[C@@H]3OC(OCCSSCCC(=O)N[C@H](Cc4ccccc4)C(=O)N[C@H]4CSSC[C@@H](C(=O)N[C@H](CO)[C@@H](C)O)NC(=O)[C@H]([C@@H](C)O)NC(=O)[C@H](CCCCN)NC(=O)[C@@H](Cc5c[nH]c6ccccc56)NC(=O)[C@H](Cc5ccccc5)NC4=O)=CN(C(=O)OC(C)(C)C)[C@H]3c3ccccc3)C(C)=C1C2(C)C. The largest absolute Gasteiger partial charge is 0.463 e. The summed E-state index contributed by atoms with van der Waals surface area (Å²) < 4.78 is 57.3. The van der Waals surface area contributed by atoms with E-state index in [9.17, 15) is 54.0 Å². The van der Waals surface area contributed by atoms with Crippen molar-refractivity contribution in [2.75, 3.05) is 63.6 Å². The summed E-state index contributed by atoms with van der Waals surface area (Å²) in [7, 11) is 7.14. The molecule has 6 aliphatic rings. The molecular weight excluding hydrogens is 1910 g/mol. The van der Waals surface area contributed by atoms with Gasteiger partial charge in [0.1, 0.15) is 90.6 Å². The van der Waals surface area contributed by atoms with Crippen LogP contribution in [0.25, 0.3) is 10.9 Å². The Morgan fingerprint density at radius 1 is 0.718 bits per heavy atom. The fourth-order valence-corrected chi connectivity index (χ4v) is 23.4. The van der Waals surface area contributed by atoms with Gasteiger partial charge in [0.25, 0.3) is 5.95 Å². The average molecular weight is 2040 g/mol. The number of hydrogen-bond acceptors (Lipinski definition) is 31. The molecule has 21 atom stereocenters. The molecule has 3 aliphatic carbocycles. The number of para-hydroxylation sites is 1. The minimum absolute atomic E-state index is 0.0418. The Morgan fingerprint density at radius 3 is 1.96 bits per heavy atom. The minimum Gasteiger partial charge on any atom is -0.463 e. The van der Waals surface area contributed by atoms with Crippen LogP contribution in [0.2, 0.25) is 0 Å². The molecule has 0 spiro atoms. The standard InChI is InChI=1S/C101H129N11O26S4/c1-56-74(49-101(129)86(136-94(126)63-35-23-16-24-36-63)84-99(10,85(118)82(131-12)79(56)98(101,8)9)75(130-11)48-76-100(84,55-133-76)137-59(4)116)134-95(127)83-81(62-33-21-15-22-34-62)112(96(128)138-97(5,6)7)51-78(135-83)132-42-44-140-139-43-40-77(117)104-68(45-60-29-17-13-18-30-60)88(120)109-72-53-141-142-54-73(92(124)108-71(52-113)57(2)114)110-93(125)80(58(3)115)111-87(119)67(39-27-28-41-102)105-90(122)70(47-64-50-103-66-38-26-25-37-65(64)66)107-89(121)69(106-91(72)123)46-61-31-19-14-20-32-61/h13-26,29-38,50-51,57-58,67-76,80-84,86,103,113-115,129H,27-28,39-49,52-55,102H2,1-12H3,(H,104,117)(H,105,122)(H,106,123)(H,107,121)(H,108,124)(H,109,120)(H,110,125)(H,111,119)/t57-,58-,67+,68-,69+,70-,71-,72+,73+,74+,75+,76-,80+,81+,82-,83-,84+,86+,99-,100+,101-/m1/s1. The molecule has 37 nitrogen and oxygen atoms in total. The van der Waals surface area contributed by atoms with Gasteiger partial charge in [0.05, 0.1) is 60.7 Å². The van der Waals surface area contributed by atoms with Crippen LogP contribution in [0.1, 0.15) is 146 Å². The summed E-state index contributed by atoms with van der Waals surface area (Å²) in [6, 6.07) is 27.7. The second-order valence-electron chi connectivity index (χ2n) is 38.0. The van der Waals surface area contributed by atoms with E-state index in [2.05, 4.69) is 47.5 Å². The number of carbonyl (C=O) groups excluding carboxylic acids is 13. The summed E-state index contributed by atoms with van der Waals surface area (Å²) in [5, 5.41) is 68.9. The van der Waals surface area contributed by atoms with Gasteiger partial charge >= 0.3 is 24.0 Å². The number of methoxy groups -OCH3 is 2. The van der Waals surface area contributed by atoms with Gasteiger partial charge in [-0.05, 0) is 126 Å². The molecule has 15 N–H and O–H groups in total. The lowest BCUT2D eigenvalue weighted by Gasteiger charge is -2.67. The summed E-state index contributed by atoms with van der Waals surface area (Å²) in [4.78, 5) is 199. The number of nitrogens with two attached hydrogens (primary N) is 1. The van der Waals surface area contributed by atoms with Crippen LogP contribution in [-0.2, 0) is 115 Å². The molecule has 4 heterocycles. The zero-order valence-electron chi connectivity index (χ0n) is 81.4. The van der Waals surface area contributed by atoms with Crippen molar-refractivity contribution in [1.29, 1.82) is 0 Å². The molecule has 9 amide bonds. The number of Topliss-reactive ketones (excluding diaryl/α,β-unsaturated/α-hetero) is 1. The maximum atomic E-state index is 16.2. The van der Waals surface area contributed by atoms with Crippen LogP contribution in [-0.4, -0.2) is 285 Å². The first-order valence-electron chi connectivity index (χ1n) is 47.3. The van der Waals surface area contributed by atoms with Crippen LogP contribution in [0, 0.1) is 16.7 Å². The molecule has 768 valence electrons. The second kappa shape index (κ2) is 49.0. The van der Waals surface area contributed by atoms with Gasteiger partial charge in [-0.25, -0.2) is 14.4 Å². The van der Waals surface area contributed by atoms with Crippen LogP contribution in [0.3, 0.4) is 0 Å². The third kappa shape index (κ3) is 26.0. The number of ketones is 1. The van der Waals surface area contributed by atoms with E-state index < -0.39 is 227 Å². The number of aromatic amines is 1. The molecule has 142 heavy (non-hydrogen) atoms. The van der Waals surface area contributed by atoms with Crippen molar-refractivity contribution in [3.63, 3.8) is 0 Å². The number of hydrogen-bond donors (Lipinski definition) is 14. The summed E-state index contributed by atoms with van der Waals surface area (Å²) in [5.74, 6) is -12.4. The number of aromatic nitrogens is 1. The minimum atomic E-state index is -2.37.